The minimum absolute atomic E-state index is 0.157. The minimum atomic E-state index is -3.75. The quantitative estimate of drug-likeness (QED) is 0.251. The van der Waals surface area contributed by atoms with Gasteiger partial charge < -0.3 is 4.57 Å². The number of hydrogen-bond donors (Lipinski definition) is 0. The molecule has 0 saturated heterocycles. The summed E-state index contributed by atoms with van der Waals surface area (Å²) in [5.41, 5.74) is 4.28. The van der Waals surface area contributed by atoms with Crippen molar-refractivity contribution in [3.8, 4) is 11.3 Å². The number of aromatic nitrogens is 5. The first-order chi connectivity index (χ1) is 18.9. The Labute approximate surface area is 229 Å². The van der Waals surface area contributed by atoms with Crippen LogP contribution >= 0.6 is 0 Å². The molecule has 0 unspecified atom stereocenters. The number of nitrogens with zero attached hydrogens (tertiary/aromatic N) is 5. The van der Waals surface area contributed by atoms with Gasteiger partial charge in [0.2, 0.25) is 5.92 Å². The predicted octanol–water partition coefficient (Wildman–Crippen LogP) is 6.25. The van der Waals surface area contributed by atoms with Gasteiger partial charge >= 0.3 is 0 Å². The molecule has 5 aromatic rings. The van der Waals surface area contributed by atoms with Crippen LogP contribution in [0.1, 0.15) is 43.0 Å². The highest BCUT2D eigenvalue weighted by molar-refractivity contribution is 7.90. The number of pyridine rings is 1. The first kappa shape index (κ1) is 26.5. The first-order valence-corrected chi connectivity index (χ1v) is 15.0. The van der Waals surface area contributed by atoms with Gasteiger partial charge in [0.1, 0.15) is 5.82 Å². The minimum Gasteiger partial charge on any atom is -0.331 e. The van der Waals surface area contributed by atoms with Gasteiger partial charge in [0.05, 0.1) is 44.3 Å². The molecule has 6 rings (SSSR count). The van der Waals surface area contributed by atoms with Crippen molar-refractivity contribution in [3.05, 3.63) is 71.8 Å². The molecule has 0 amide bonds. The molecule has 1 saturated carbocycles. The maximum absolute atomic E-state index is 15.8. The predicted molar refractivity (Wildman–Crippen MR) is 147 cm³/mol. The molecule has 40 heavy (non-hydrogen) atoms. The van der Waals surface area contributed by atoms with Crippen molar-refractivity contribution in [2.45, 2.75) is 49.5 Å². The van der Waals surface area contributed by atoms with Gasteiger partial charge in [0.15, 0.2) is 9.84 Å². The first-order valence-electron chi connectivity index (χ1n) is 13.1. The molecule has 2 aromatic carbocycles. The van der Waals surface area contributed by atoms with Gasteiger partial charge in [-0.2, -0.15) is 0 Å². The average molecular weight is 568 g/mol. The van der Waals surface area contributed by atoms with Crippen LogP contribution in [0, 0.1) is 18.7 Å². The number of rotatable bonds is 5. The van der Waals surface area contributed by atoms with Gasteiger partial charge in [-0.25, -0.2) is 26.3 Å². The molecular weight excluding hydrogens is 539 g/mol. The summed E-state index contributed by atoms with van der Waals surface area (Å²) < 4.78 is 73.0. The number of hydrogen-bond acceptors (Lipinski definition) is 5. The second-order valence-electron chi connectivity index (χ2n) is 10.7. The van der Waals surface area contributed by atoms with Crippen LogP contribution in [-0.4, -0.2) is 45.1 Å². The summed E-state index contributed by atoms with van der Waals surface area (Å²) >= 11 is 0. The Bertz CT molecular complexity index is 1840. The van der Waals surface area contributed by atoms with Crippen molar-refractivity contribution in [1.29, 1.82) is 0 Å². The van der Waals surface area contributed by atoms with Gasteiger partial charge in [0.25, 0.3) is 0 Å². The van der Waals surface area contributed by atoms with Gasteiger partial charge in [-0.05, 0) is 49.4 Å². The maximum atomic E-state index is 15.8. The third-order valence-corrected chi connectivity index (χ3v) is 9.08. The van der Waals surface area contributed by atoms with E-state index in [0.29, 0.717) is 27.8 Å². The number of benzene rings is 2. The molecule has 1 aliphatic carbocycles. The Morgan fingerprint density at radius 1 is 1.05 bits per heavy atom. The van der Waals surface area contributed by atoms with Gasteiger partial charge in [-0.15, -0.1) is 5.10 Å². The van der Waals surface area contributed by atoms with Crippen LogP contribution < -0.4 is 0 Å². The number of alkyl halides is 2. The zero-order chi connectivity index (χ0) is 28.4. The van der Waals surface area contributed by atoms with E-state index < -0.39 is 27.6 Å². The molecule has 11 heteroatoms. The maximum Gasteiger partial charge on any atom is 0.248 e. The molecule has 0 radical (unpaired) electrons. The van der Waals surface area contributed by atoms with E-state index in [0.717, 1.165) is 23.6 Å². The fourth-order valence-corrected chi connectivity index (χ4v) is 6.75. The number of sulfone groups is 1. The molecule has 1 atom stereocenters. The Hall–Kier alpha value is -3.73. The van der Waals surface area contributed by atoms with Gasteiger partial charge in [-0.1, -0.05) is 35.5 Å². The van der Waals surface area contributed by atoms with Crippen molar-refractivity contribution in [1.82, 2.24) is 24.5 Å². The zero-order valence-corrected chi connectivity index (χ0v) is 23.1. The smallest absolute Gasteiger partial charge is 0.248 e. The molecule has 0 aliphatic heterocycles. The lowest BCUT2D eigenvalue weighted by Gasteiger charge is -2.35. The lowest BCUT2D eigenvalue weighted by Crippen LogP contribution is -2.30. The molecule has 1 aliphatic rings. The summed E-state index contributed by atoms with van der Waals surface area (Å²) in [5.74, 6) is -3.63. The van der Waals surface area contributed by atoms with Crippen LogP contribution in [-0.2, 0) is 16.9 Å². The molecule has 7 nitrogen and oxygen atoms in total. The van der Waals surface area contributed by atoms with E-state index in [4.69, 9.17) is 0 Å². The van der Waals surface area contributed by atoms with E-state index in [1.54, 1.807) is 17.9 Å². The monoisotopic (exact) mass is 567 g/mol. The highest BCUT2D eigenvalue weighted by Gasteiger charge is 2.39. The molecule has 1 fully saturated rings. The van der Waals surface area contributed by atoms with Crippen LogP contribution in [0.25, 0.3) is 33.2 Å². The third kappa shape index (κ3) is 4.46. The van der Waals surface area contributed by atoms with Crippen LogP contribution in [0.3, 0.4) is 0 Å². The van der Waals surface area contributed by atoms with E-state index in [1.807, 2.05) is 47.9 Å². The van der Waals surface area contributed by atoms with Crippen molar-refractivity contribution in [2.24, 2.45) is 13.0 Å². The number of fused-ring (bicyclic) bond motifs is 3. The summed E-state index contributed by atoms with van der Waals surface area (Å²) in [7, 11) is -1.98. The van der Waals surface area contributed by atoms with Crippen LogP contribution in [0.5, 0.6) is 0 Å². The van der Waals surface area contributed by atoms with Crippen LogP contribution in [0.2, 0.25) is 0 Å². The standard InChI is InChI=1S/C29H28F3N5O2S/c1-17-27(36(2)35-34-17)20-13-24-26(33-16-20)25-22(30)14-21(40(3,38)39)15-23(25)37(24)28(18-7-5-4-6-8-18)19-9-11-29(31,32)12-10-19/h4-8,13-16,19,28H,9-12H2,1-3H3/t28-/m0/s1. The van der Waals surface area contributed by atoms with E-state index in [2.05, 4.69) is 15.3 Å². The van der Waals surface area contributed by atoms with Gasteiger partial charge in [-0.3, -0.25) is 4.98 Å². The number of aryl methyl sites for hydroxylation is 2. The molecule has 0 spiro atoms. The SMILES string of the molecule is Cc1nnn(C)c1-c1cnc2c3c(F)cc(S(C)(=O)=O)cc3n([C@@H](c3ccccc3)C3CCC(F)(F)CC3)c2c1. The van der Waals surface area contributed by atoms with Crippen LogP contribution in [0.4, 0.5) is 13.2 Å². The fourth-order valence-electron chi connectivity index (χ4n) is 6.11. The van der Waals surface area contributed by atoms with E-state index in [1.165, 1.54) is 6.07 Å². The Kier molecular flexibility index (Phi) is 6.25. The molecule has 3 aromatic heterocycles. The lowest BCUT2D eigenvalue weighted by atomic mass is 9.79. The highest BCUT2D eigenvalue weighted by Crippen LogP contribution is 2.46. The van der Waals surface area contributed by atoms with Crippen molar-refractivity contribution < 1.29 is 21.6 Å². The zero-order valence-electron chi connectivity index (χ0n) is 22.3. The fraction of sp³-hybridized carbons (Fsp3) is 0.345. The largest absolute Gasteiger partial charge is 0.331 e. The molecule has 0 N–H and O–H groups in total. The Morgan fingerprint density at radius 2 is 1.75 bits per heavy atom. The van der Waals surface area contributed by atoms with Crippen molar-refractivity contribution in [3.63, 3.8) is 0 Å². The normalized spacial score (nSPS) is 17.1. The van der Waals surface area contributed by atoms with E-state index in [9.17, 15) is 17.2 Å². The van der Waals surface area contributed by atoms with Crippen molar-refractivity contribution in [2.75, 3.05) is 6.26 Å². The summed E-state index contributed by atoms with van der Waals surface area (Å²) in [4.78, 5) is 4.51. The summed E-state index contributed by atoms with van der Waals surface area (Å²) in [6.07, 6.45) is 2.70. The Morgan fingerprint density at radius 3 is 2.38 bits per heavy atom. The van der Waals surface area contributed by atoms with Crippen molar-refractivity contribution >= 4 is 31.8 Å². The second kappa shape index (κ2) is 9.43. The van der Waals surface area contributed by atoms with E-state index in [-0.39, 0.29) is 41.9 Å². The topological polar surface area (TPSA) is 82.7 Å². The molecule has 208 valence electrons. The van der Waals surface area contributed by atoms with E-state index >= 15 is 4.39 Å². The van der Waals surface area contributed by atoms with Crippen LogP contribution in [0.15, 0.2) is 59.6 Å². The average Bonchev–Trinajstić information content (AvgIpc) is 3.41. The summed E-state index contributed by atoms with van der Waals surface area (Å²) in [6, 6.07) is 13.4. The second-order valence-corrected chi connectivity index (χ2v) is 12.7. The molecule has 3 heterocycles. The molecular formula is C29H28F3N5O2S. The van der Waals surface area contributed by atoms with Gasteiger partial charge in [0, 0.05) is 37.9 Å². The lowest BCUT2D eigenvalue weighted by molar-refractivity contribution is -0.0493. The Balaban J connectivity index is 1.71. The molecule has 0 bridgehead atoms. The summed E-state index contributed by atoms with van der Waals surface area (Å²) in [6.45, 7) is 1.83. The summed E-state index contributed by atoms with van der Waals surface area (Å²) in [5, 5.41) is 8.43. The highest BCUT2D eigenvalue weighted by atomic mass is 32.2. The number of halogens is 3. The third-order valence-electron chi connectivity index (χ3n) is 7.99.